The first-order valence-corrected chi connectivity index (χ1v) is 9.24. The van der Waals surface area contributed by atoms with E-state index in [0.29, 0.717) is 21.8 Å². The summed E-state index contributed by atoms with van der Waals surface area (Å²) < 4.78 is 1.74. The molecule has 0 radical (unpaired) electrons. The summed E-state index contributed by atoms with van der Waals surface area (Å²) in [5.41, 5.74) is 2.35. The first-order valence-electron chi connectivity index (χ1n) is 8.86. The predicted molar refractivity (Wildman–Crippen MR) is 112 cm³/mol. The molecule has 0 fully saturated rings. The lowest BCUT2D eigenvalue weighted by Gasteiger charge is -2.07. The van der Waals surface area contributed by atoms with Gasteiger partial charge in [0.1, 0.15) is 0 Å². The number of carbonyl (C=O) groups excluding carboxylic acids is 2. The number of halogens is 1. The second kappa shape index (κ2) is 8.67. The summed E-state index contributed by atoms with van der Waals surface area (Å²) in [6, 6.07) is 14.3. The number of aromatic nitrogens is 2. The van der Waals surface area contributed by atoms with Crippen molar-refractivity contribution in [3.05, 3.63) is 88.7 Å². The maximum absolute atomic E-state index is 12.4. The molecular formula is C22H20ClN3O2. The van der Waals surface area contributed by atoms with Gasteiger partial charge in [0, 0.05) is 17.9 Å². The van der Waals surface area contributed by atoms with Crippen molar-refractivity contribution in [2.24, 2.45) is 0 Å². The van der Waals surface area contributed by atoms with Crippen molar-refractivity contribution in [3.8, 4) is 0 Å². The molecule has 0 saturated heterocycles. The molecule has 3 rings (SSSR count). The Kier molecular flexibility index (Phi) is 6.06. The molecule has 0 spiro atoms. The van der Waals surface area contributed by atoms with Crippen molar-refractivity contribution in [2.45, 2.75) is 19.9 Å². The normalized spacial score (nSPS) is 11.1. The van der Waals surface area contributed by atoms with Crippen molar-refractivity contribution in [2.75, 3.05) is 5.32 Å². The number of rotatable bonds is 6. The minimum absolute atomic E-state index is 0.127. The van der Waals surface area contributed by atoms with Gasteiger partial charge in [-0.2, -0.15) is 5.10 Å². The summed E-state index contributed by atoms with van der Waals surface area (Å²) in [5.74, 6) is -0.415. The van der Waals surface area contributed by atoms with Crippen LogP contribution in [-0.2, 0) is 0 Å². The molecule has 1 heterocycles. The molecule has 1 N–H and O–H groups in total. The molecule has 0 aliphatic heterocycles. The van der Waals surface area contributed by atoms with Crippen LogP contribution in [0.1, 0.15) is 46.2 Å². The summed E-state index contributed by atoms with van der Waals surface area (Å²) in [4.78, 5) is 24.7. The average molecular weight is 394 g/mol. The molecule has 0 atom stereocenters. The van der Waals surface area contributed by atoms with Gasteiger partial charge in [0.2, 0.25) is 0 Å². The molecule has 1 amide bonds. The molecule has 0 bridgehead atoms. The van der Waals surface area contributed by atoms with E-state index in [1.165, 1.54) is 6.08 Å². The first kappa shape index (κ1) is 19.6. The highest BCUT2D eigenvalue weighted by Crippen LogP contribution is 2.18. The second-order valence-corrected chi connectivity index (χ2v) is 6.97. The van der Waals surface area contributed by atoms with Crippen LogP contribution in [0, 0.1) is 0 Å². The first-order chi connectivity index (χ1) is 13.4. The highest BCUT2D eigenvalue weighted by atomic mass is 35.5. The second-order valence-electron chi connectivity index (χ2n) is 6.56. The lowest BCUT2D eigenvalue weighted by Crippen LogP contribution is -2.12. The van der Waals surface area contributed by atoms with Crippen LogP contribution in [0.3, 0.4) is 0 Å². The summed E-state index contributed by atoms with van der Waals surface area (Å²) >= 11 is 6.06. The van der Waals surface area contributed by atoms with E-state index in [1.54, 1.807) is 59.5 Å². The molecular weight excluding hydrogens is 374 g/mol. The number of hydrogen-bond acceptors (Lipinski definition) is 3. The number of ketones is 1. The zero-order chi connectivity index (χ0) is 20.1. The van der Waals surface area contributed by atoms with E-state index in [1.807, 2.05) is 26.0 Å². The molecule has 28 heavy (non-hydrogen) atoms. The number of benzene rings is 2. The van der Waals surface area contributed by atoms with Crippen LogP contribution in [-0.4, -0.2) is 21.5 Å². The van der Waals surface area contributed by atoms with Crippen LogP contribution in [0.15, 0.2) is 67.0 Å². The molecule has 0 unspecified atom stereocenters. The Balaban J connectivity index is 1.70. The summed E-state index contributed by atoms with van der Waals surface area (Å²) in [6.07, 6.45) is 6.50. The number of hydrogen-bond donors (Lipinski definition) is 1. The van der Waals surface area contributed by atoms with Crippen LogP contribution in [0.4, 0.5) is 5.69 Å². The Bertz CT molecular complexity index is 1040. The van der Waals surface area contributed by atoms with Crippen LogP contribution >= 0.6 is 11.6 Å². The van der Waals surface area contributed by atoms with Gasteiger partial charge < -0.3 is 5.32 Å². The smallest absolute Gasteiger partial charge is 0.257 e. The average Bonchev–Trinajstić information content (AvgIpc) is 3.17. The van der Waals surface area contributed by atoms with E-state index in [9.17, 15) is 9.59 Å². The number of nitrogens with one attached hydrogen (secondary N) is 1. The zero-order valence-electron chi connectivity index (χ0n) is 15.6. The third-order valence-corrected chi connectivity index (χ3v) is 4.43. The van der Waals surface area contributed by atoms with Gasteiger partial charge in [0.15, 0.2) is 5.78 Å². The van der Waals surface area contributed by atoms with Crippen molar-refractivity contribution < 1.29 is 9.59 Å². The number of carbonyl (C=O) groups is 2. The monoisotopic (exact) mass is 393 g/mol. The standard InChI is InChI=1S/C22H20ClN3O2/c1-15(2)26-14-17(13-24-26)21(27)11-10-16-6-5-7-18(12-16)25-22(28)19-8-3-4-9-20(19)23/h3-15H,1-2H3,(H,25,28)/b11-10+. The molecule has 2 aromatic carbocycles. The van der Waals surface area contributed by atoms with E-state index in [0.717, 1.165) is 5.56 Å². The van der Waals surface area contributed by atoms with Gasteiger partial charge in [-0.05, 0) is 49.8 Å². The Hall–Kier alpha value is -3.18. The van der Waals surface area contributed by atoms with Gasteiger partial charge in [-0.3, -0.25) is 14.3 Å². The highest BCUT2D eigenvalue weighted by Gasteiger charge is 2.10. The third-order valence-electron chi connectivity index (χ3n) is 4.11. The Morgan fingerprint density at radius 3 is 2.64 bits per heavy atom. The highest BCUT2D eigenvalue weighted by molar-refractivity contribution is 6.34. The van der Waals surface area contributed by atoms with E-state index in [-0.39, 0.29) is 17.7 Å². The number of allylic oxidation sites excluding steroid dienone is 1. The van der Waals surface area contributed by atoms with E-state index in [2.05, 4.69) is 10.4 Å². The van der Waals surface area contributed by atoms with Crippen LogP contribution in [0.5, 0.6) is 0 Å². The molecule has 142 valence electrons. The Morgan fingerprint density at radius 1 is 1.14 bits per heavy atom. The van der Waals surface area contributed by atoms with Crippen LogP contribution < -0.4 is 5.32 Å². The summed E-state index contributed by atoms with van der Waals surface area (Å²) in [5, 5.41) is 7.39. The van der Waals surface area contributed by atoms with Crippen molar-refractivity contribution >= 4 is 35.1 Å². The molecule has 5 nitrogen and oxygen atoms in total. The predicted octanol–water partition coefficient (Wildman–Crippen LogP) is 5.27. The van der Waals surface area contributed by atoms with Gasteiger partial charge in [-0.1, -0.05) is 41.9 Å². The number of nitrogens with zero attached hydrogens (tertiary/aromatic N) is 2. The third kappa shape index (κ3) is 4.75. The lowest BCUT2D eigenvalue weighted by molar-refractivity contribution is 0.102. The maximum atomic E-state index is 12.4. The fourth-order valence-corrected chi connectivity index (χ4v) is 2.80. The zero-order valence-corrected chi connectivity index (χ0v) is 16.4. The van der Waals surface area contributed by atoms with Gasteiger partial charge in [-0.25, -0.2) is 0 Å². The topological polar surface area (TPSA) is 64.0 Å². The summed E-state index contributed by atoms with van der Waals surface area (Å²) in [7, 11) is 0. The summed E-state index contributed by atoms with van der Waals surface area (Å²) in [6.45, 7) is 4.00. The van der Waals surface area contributed by atoms with Crippen LogP contribution in [0.25, 0.3) is 6.08 Å². The van der Waals surface area contributed by atoms with Gasteiger partial charge in [0.25, 0.3) is 5.91 Å². The molecule has 6 heteroatoms. The molecule has 0 aliphatic rings. The molecule has 0 saturated carbocycles. The van der Waals surface area contributed by atoms with Gasteiger partial charge in [-0.15, -0.1) is 0 Å². The molecule has 1 aromatic heterocycles. The van der Waals surface area contributed by atoms with Crippen molar-refractivity contribution in [3.63, 3.8) is 0 Å². The molecule has 0 aliphatic carbocycles. The minimum atomic E-state index is -0.288. The SMILES string of the molecule is CC(C)n1cc(C(=O)/C=C/c2cccc(NC(=O)c3ccccc3Cl)c2)cn1. The van der Waals surface area contributed by atoms with Crippen molar-refractivity contribution in [1.29, 1.82) is 0 Å². The van der Waals surface area contributed by atoms with E-state index in [4.69, 9.17) is 11.6 Å². The largest absolute Gasteiger partial charge is 0.322 e. The quantitative estimate of drug-likeness (QED) is 0.458. The van der Waals surface area contributed by atoms with Gasteiger partial charge >= 0.3 is 0 Å². The van der Waals surface area contributed by atoms with Crippen molar-refractivity contribution in [1.82, 2.24) is 9.78 Å². The Morgan fingerprint density at radius 2 is 1.93 bits per heavy atom. The van der Waals surface area contributed by atoms with Crippen LogP contribution in [0.2, 0.25) is 5.02 Å². The van der Waals surface area contributed by atoms with E-state index < -0.39 is 0 Å². The number of amides is 1. The molecule has 3 aromatic rings. The van der Waals surface area contributed by atoms with E-state index >= 15 is 0 Å². The fraction of sp³-hybridized carbons (Fsp3) is 0.136. The minimum Gasteiger partial charge on any atom is -0.322 e. The number of anilines is 1. The van der Waals surface area contributed by atoms with Gasteiger partial charge in [0.05, 0.1) is 22.3 Å². The fourth-order valence-electron chi connectivity index (χ4n) is 2.58. The Labute approximate surface area is 168 Å². The lowest BCUT2D eigenvalue weighted by atomic mass is 10.1. The maximum Gasteiger partial charge on any atom is 0.257 e.